The molecule has 0 aromatic heterocycles. The Kier molecular flexibility index (Phi) is 64.1. The lowest BCUT2D eigenvalue weighted by molar-refractivity contribution is -0.359. The lowest BCUT2D eigenvalue weighted by Gasteiger charge is -2.46. The van der Waals surface area contributed by atoms with Crippen LogP contribution in [0, 0.1) is 0 Å². The fourth-order valence-electron chi connectivity index (χ4n) is 13.3. The monoisotopic (exact) mass is 1410 g/mol. The molecule has 0 aromatic rings. The Labute approximate surface area is 611 Å². The van der Waals surface area contributed by atoms with Gasteiger partial charge in [0.15, 0.2) is 12.6 Å². The molecular formula is C86H153NO13. The predicted octanol–water partition coefficient (Wildman–Crippen LogP) is 19.2. The van der Waals surface area contributed by atoms with Crippen molar-refractivity contribution in [3.63, 3.8) is 0 Å². The Morgan fingerprint density at radius 3 is 1.06 bits per heavy atom. The number of carbonyl (C=O) groups is 1. The number of aliphatic hydroxyl groups excluding tert-OH is 8. The summed E-state index contributed by atoms with van der Waals surface area (Å²) in [6.07, 6.45) is 82.0. The van der Waals surface area contributed by atoms with Crippen LogP contribution in [0.2, 0.25) is 0 Å². The molecule has 2 fully saturated rings. The van der Waals surface area contributed by atoms with Crippen LogP contribution in [-0.2, 0) is 23.7 Å². The predicted molar refractivity (Wildman–Crippen MR) is 415 cm³/mol. The number of rotatable bonds is 69. The largest absolute Gasteiger partial charge is 0.394 e. The molecule has 14 nitrogen and oxygen atoms in total. The van der Waals surface area contributed by atoms with Gasteiger partial charge in [0.2, 0.25) is 5.91 Å². The van der Waals surface area contributed by atoms with E-state index in [0.717, 1.165) is 89.9 Å². The molecule has 0 aliphatic carbocycles. The van der Waals surface area contributed by atoms with Crippen LogP contribution in [0.1, 0.15) is 348 Å². The van der Waals surface area contributed by atoms with Crippen LogP contribution in [0.5, 0.6) is 0 Å². The number of unbranched alkanes of at least 4 members (excludes halogenated alkanes) is 42. The lowest BCUT2D eigenvalue weighted by atomic mass is 9.97. The fraction of sp³-hybridized carbons (Fsp3) is 0.802. The van der Waals surface area contributed by atoms with Crippen molar-refractivity contribution in [2.24, 2.45) is 0 Å². The number of ether oxygens (including phenoxy) is 4. The molecule has 2 saturated heterocycles. The summed E-state index contributed by atoms with van der Waals surface area (Å²) in [6, 6.07) is -0.925. The number of aliphatic hydroxyl groups is 8. The maximum Gasteiger partial charge on any atom is 0.220 e. The van der Waals surface area contributed by atoms with Crippen molar-refractivity contribution in [3.8, 4) is 0 Å². The number of hydrogen-bond acceptors (Lipinski definition) is 13. The van der Waals surface area contributed by atoms with Crippen molar-refractivity contribution in [1.29, 1.82) is 0 Å². The molecule has 12 unspecified atom stereocenters. The first-order valence-corrected chi connectivity index (χ1v) is 41.5. The Balaban J connectivity index is 1.62. The van der Waals surface area contributed by atoms with Crippen molar-refractivity contribution in [3.05, 3.63) is 97.2 Å². The summed E-state index contributed by atoms with van der Waals surface area (Å²) in [5.74, 6) is -0.242. The minimum Gasteiger partial charge on any atom is -0.394 e. The van der Waals surface area contributed by atoms with E-state index in [2.05, 4.69) is 104 Å². The van der Waals surface area contributed by atoms with Crippen LogP contribution in [0.25, 0.3) is 0 Å². The van der Waals surface area contributed by atoms with Gasteiger partial charge in [-0.15, -0.1) is 0 Å². The molecule has 2 aliphatic rings. The number of allylic oxidation sites excluding steroid dienone is 15. The minimum atomic E-state index is -1.79. The Hall–Kier alpha value is -3.09. The summed E-state index contributed by atoms with van der Waals surface area (Å²) in [7, 11) is 0. The minimum absolute atomic E-state index is 0.242. The molecule has 2 rings (SSSR count). The Morgan fingerprint density at radius 2 is 0.690 bits per heavy atom. The van der Waals surface area contributed by atoms with Crippen molar-refractivity contribution < 1.29 is 64.6 Å². The summed E-state index contributed by atoms with van der Waals surface area (Å²) >= 11 is 0. The van der Waals surface area contributed by atoms with Crippen molar-refractivity contribution in [2.45, 2.75) is 421 Å². The molecule has 0 aromatic carbocycles. The van der Waals surface area contributed by atoms with Gasteiger partial charge in [-0.25, -0.2) is 0 Å². The third kappa shape index (κ3) is 51.2. The first-order valence-electron chi connectivity index (χ1n) is 41.5. The van der Waals surface area contributed by atoms with Crippen molar-refractivity contribution >= 4 is 5.91 Å². The zero-order chi connectivity index (χ0) is 72.2. The van der Waals surface area contributed by atoms with Gasteiger partial charge in [-0.2, -0.15) is 0 Å². The van der Waals surface area contributed by atoms with E-state index in [-0.39, 0.29) is 18.9 Å². The van der Waals surface area contributed by atoms with E-state index in [4.69, 9.17) is 18.9 Å². The third-order valence-electron chi connectivity index (χ3n) is 19.8. The summed E-state index contributed by atoms with van der Waals surface area (Å²) in [4.78, 5) is 13.4. The van der Waals surface area contributed by atoms with Gasteiger partial charge in [0, 0.05) is 6.42 Å². The molecule has 580 valence electrons. The molecule has 100 heavy (non-hydrogen) atoms. The molecule has 1 amide bonds. The van der Waals surface area contributed by atoms with Crippen LogP contribution < -0.4 is 5.32 Å². The summed E-state index contributed by atoms with van der Waals surface area (Å²) < 4.78 is 22.9. The van der Waals surface area contributed by atoms with E-state index in [0.29, 0.717) is 6.42 Å². The second kappa shape index (κ2) is 69.0. The summed E-state index contributed by atoms with van der Waals surface area (Å²) in [5.41, 5.74) is 0. The van der Waals surface area contributed by atoms with E-state index < -0.39 is 86.8 Å². The van der Waals surface area contributed by atoms with Gasteiger partial charge in [-0.1, -0.05) is 361 Å². The molecular weight excluding hydrogens is 1250 g/mol. The van der Waals surface area contributed by atoms with Gasteiger partial charge in [-0.05, 0) is 77.0 Å². The van der Waals surface area contributed by atoms with Gasteiger partial charge in [0.25, 0.3) is 0 Å². The smallest absolute Gasteiger partial charge is 0.220 e. The molecule has 2 aliphatic heterocycles. The maximum absolute atomic E-state index is 13.4. The van der Waals surface area contributed by atoms with E-state index in [1.807, 2.05) is 6.08 Å². The number of carbonyl (C=O) groups excluding carboxylic acids is 1. The topological polar surface area (TPSA) is 228 Å². The second-order valence-electron chi connectivity index (χ2n) is 28.9. The number of nitrogens with one attached hydrogen (secondary N) is 1. The SMILES string of the molecule is CC/C=C\C/C=C\C/C=C\C/C=C\C/C=C\C/C=C\C/C=C\CCCCCCCCCCCCCC(=O)NC(COC1OC(CO)C(OC2OC(CO)C(O)C(O)C2O)C(O)C1O)C(O)/C=C/CCCCCCCCCCCCCCCCCCCCCCCCCCCCCCCCC. The van der Waals surface area contributed by atoms with Crippen molar-refractivity contribution in [2.75, 3.05) is 19.8 Å². The van der Waals surface area contributed by atoms with Gasteiger partial charge < -0.3 is 65.1 Å². The first-order chi connectivity index (χ1) is 49.1. The average molecular weight is 1410 g/mol. The summed E-state index contributed by atoms with van der Waals surface area (Å²) in [6.45, 7) is 2.73. The quantitative estimate of drug-likeness (QED) is 0.0204. The molecule has 0 bridgehead atoms. The second-order valence-corrected chi connectivity index (χ2v) is 28.9. The average Bonchev–Trinajstić information content (AvgIpc) is 0.791. The molecule has 9 N–H and O–H groups in total. The summed E-state index contributed by atoms with van der Waals surface area (Å²) in [5, 5.41) is 87.8. The standard InChI is InChI=1S/C86H153NO13/c1-3-5-7-9-11-13-15-17-19-21-23-25-27-29-31-33-35-37-39-41-43-45-47-49-51-53-55-57-59-61-63-65-67-69-75(90)74(73-97-85-83(96)81(94)84(77(72-89)99-85)100-86-82(95)80(93)79(92)76(71-88)98-86)87-78(91)70-68-66-64-62-60-58-56-54-52-50-48-46-44-42-40-38-36-34-32-30-28-26-24-22-20-18-16-14-12-10-8-6-4-2/h6,8,12,14,18,20,24,26,30,32,36,38,42,44,67,69,74-77,79-86,88-90,92-96H,3-5,7,9-11,13,15-17,19,21-23,25,27-29,31,33-35,37,39-41,43,45-66,68,70-73H2,1-2H3,(H,87,91)/b8-6-,14-12-,20-18-,26-24-,32-30-,38-36-,44-42-,69-67+. The zero-order valence-corrected chi connectivity index (χ0v) is 63.7. The van der Waals surface area contributed by atoms with Gasteiger partial charge in [-0.3, -0.25) is 4.79 Å². The van der Waals surface area contributed by atoms with Gasteiger partial charge in [0.1, 0.15) is 48.8 Å². The van der Waals surface area contributed by atoms with Crippen molar-refractivity contribution in [1.82, 2.24) is 5.32 Å². The van der Waals surface area contributed by atoms with E-state index in [9.17, 15) is 45.6 Å². The van der Waals surface area contributed by atoms with Crippen LogP contribution in [0.15, 0.2) is 97.2 Å². The zero-order valence-electron chi connectivity index (χ0n) is 63.7. The third-order valence-corrected chi connectivity index (χ3v) is 19.8. The lowest BCUT2D eigenvalue weighted by Crippen LogP contribution is -2.65. The van der Waals surface area contributed by atoms with Crippen LogP contribution in [-0.4, -0.2) is 140 Å². The first kappa shape index (κ1) is 93.0. The molecule has 14 heteroatoms. The number of hydrogen-bond donors (Lipinski definition) is 9. The van der Waals surface area contributed by atoms with Crippen LogP contribution >= 0.6 is 0 Å². The highest BCUT2D eigenvalue weighted by Gasteiger charge is 2.51. The Bertz CT molecular complexity index is 2050. The van der Waals surface area contributed by atoms with Gasteiger partial charge in [0.05, 0.1) is 32.0 Å². The van der Waals surface area contributed by atoms with E-state index in [1.165, 1.54) is 231 Å². The van der Waals surface area contributed by atoms with E-state index >= 15 is 0 Å². The number of amides is 1. The molecule has 0 spiro atoms. The van der Waals surface area contributed by atoms with Gasteiger partial charge >= 0.3 is 0 Å². The maximum atomic E-state index is 13.4. The van der Waals surface area contributed by atoms with E-state index in [1.54, 1.807) is 6.08 Å². The highest BCUT2D eigenvalue weighted by molar-refractivity contribution is 5.76. The molecule has 0 radical (unpaired) electrons. The normalized spacial score (nSPS) is 22.3. The highest BCUT2D eigenvalue weighted by atomic mass is 16.7. The molecule has 0 saturated carbocycles. The molecule has 2 heterocycles. The van der Waals surface area contributed by atoms with Crippen LogP contribution in [0.3, 0.4) is 0 Å². The fourth-order valence-corrected chi connectivity index (χ4v) is 13.3. The molecule has 12 atom stereocenters. The van der Waals surface area contributed by atoms with Crippen LogP contribution in [0.4, 0.5) is 0 Å². The Morgan fingerprint density at radius 1 is 0.370 bits per heavy atom. The highest BCUT2D eigenvalue weighted by Crippen LogP contribution is 2.30.